The van der Waals surface area contributed by atoms with Crippen LogP contribution in [0.4, 0.5) is 0 Å². The van der Waals surface area contributed by atoms with Gasteiger partial charge < -0.3 is 5.32 Å². The van der Waals surface area contributed by atoms with Crippen molar-refractivity contribution in [1.82, 2.24) is 10.2 Å². The second kappa shape index (κ2) is 6.57. The number of carbonyl (C=O) groups excluding carboxylic acids is 3. The summed E-state index contributed by atoms with van der Waals surface area (Å²) in [4.78, 5) is 37.7. The fraction of sp³-hybridized carbons (Fsp3) is 0.167. The number of fused-ring (bicyclic) bond motifs is 1. The molecule has 5 nitrogen and oxygen atoms in total. The lowest BCUT2D eigenvalue weighted by molar-refractivity contribution is -0.122. The van der Waals surface area contributed by atoms with Crippen molar-refractivity contribution in [1.29, 1.82) is 0 Å². The average molecular weight is 387 g/mol. The lowest BCUT2D eigenvalue weighted by Crippen LogP contribution is -2.41. The first kappa shape index (κ1) is 16.4. The van der Waals surface area contributed by atoms with Crippen LogP contribution in [0.1, 0.15) is 39.2 Å². The van der Waals surface area contributed by atoms with Crippen molar-refractivity contribution in [3.63, 3.8) is 0 Å². The van der Waals surface area contributed by atoms with Gasteiger partial charge in [-0.05, 0) is 36.8 Å². The van der Waals surface area contributed by atoms with Crippen molar-refractivity contribution in [2.45, 2.75) is 13.0 Å². The number of hydrogen-bond donors (Lipinski definition) is 1. The van der Waals surface area contributed by atoms with Gasteiger partial charge in [-0.15, -0.1) is 0 Å². The molecule has 6 heteroatoms. The number of amides is 3. The SMILES string of the molecule is C[C@@H](NC(=O)CN1C(=O)c2ccccc2C1=O)c1ccc(Br)cc1. The third-order valence-corrected chi connectivity index (χ3v) is 4.46. The number of nitrogens with one attached hydrogen (secondary N) is 1. The zero-order valence-electron chi connectivity index (χ0n) is 13.0. The maximum atomic E-state index is 12.3. The predicted molar refractivity (Wildman–Crippen MR) is 92.5 cm³/mol. The van der Waals surface area contributed by atoms with Gasteiger partial charge in [0.2, 0.25) is 5.91 Å². The normalized spacial score (nSPS) is 14.5. The average Bonchev–Trinajstić information content (AvgIpc) is 2.81. The van der Waals surface area contributed by atoms with Crippen molar-refractivity contribution in [3.05, 3.63) is 69.7 Å². The van der Waals surface area contributed by atoms with Gasteiger partial charge in [-0.25, -0.2) is 0 Å². The van der Waals surface area contributed by atoms with E-state index in [1.54, 1.807) is 24.3 Å². The summed E-state index contributed by atoms with van der Waals surface area (Å²) in [6.07, 6.45) is 0. The molecule has 0 radical (unpaired) electrons. The summed E-state index contributed by atoms with van der Waals surface area (Å²) >= 11 is 3.36. The van der Waals surface area contributed by atoms with Gasteiger partial charge in [-0.2, -0.15) is 0 Å². The second-order valence-corrected chi connectivity index (χ2v) is 6.50. The number of hydrogen-bond acceptors (Lipinski definition) is 3. The van der Waals surface area contributed by atoms with E-state index in [-0.39, 0.29) is 18.5 Å². The van der Waals surface area contributed by atoms with E-state index >= 15 is 0 Å². The minimum absolute atomic E-state index is 0.221. The molecule has 1 N–H and O–H groups in total. The smallest absolute Gasteiger partial charge is 0.262 e. The van der Waals surface area contributed by atoms with E-state index in [0.29, 0.717) is 11.1 Å². The second-order valence-electron chi connectivity index (χ2n) is 5.58. The van der Waals surface area contributed by atoms with Crippen molar-refractivity contribution in [2.75, 3.05) is 6.54 Å². The molecule has 1 atom stereocenters. The summed E-state index contributed by atoms with van der Waals surface area (Å²) < 4.78 is 0.954. The van der Waals surface area contributed by atoms with Crippen LogP contribution in [0.3, 0.4) is 0 Å². The maximum Gasteiger partial charge on any atom is 0.262 e. The molecule has 1 aliphatic heterocycles. The first-order valence-corrected chi connectivity index (χ1v) is 8.26. The Labute approximate surface area is 147 Å². The number of carbonyl (C=O) groups is 3. The molecule has 0 unspecified atom stereocenters. The summed E-state index contributed by atoms with van der Waals surface area (Å²) in [7, 11) is 0. The maximum absolute atomic E-state index is 12.3. The molecule has 3 amide bonds. The molecule has 1 heterocycles. The molecule has 0 saturated heterocycles. The standard InChI is InChI=1S/C18H15BrN2O3/c1-11(12-6-8-13(19)9-7-12)20-16(22)10-21-17(23)14-4-2-3-5-15(14)18(21)24/h2-9,11H,10H2,1H3,(H,20,22)/t11-/m1/s1. The van der Waals surface area contributed by atoms with Crippen LogP contribution in [0, 0.1) is 0 Å². The van der Waals surface area contributed by atoms with Crippen LogP contribution in [0.5, 0.6) is 0 Å². The largest absolute Gasteiger partial charge is 0.348 e. The van der Waals surface area contributed by atoms with Crippen molar-refractivity contribution in [2.24, 2.45) is 0 Å². The lowest BCUT2D eigenvalue weighted by atomic mass is 10.1. The first-order chi connectivity index (χ1) is 11.5. The topological polar surface area (TPSA) is 66.5 Å². The van der Waals surface area contributed by atoms with Gasteiger partial charge in [-0.1, -0.05) is 40.2 Å². The van der Waals surface area contributed by atoms with Crippen LogP contribution in [-0.2, 0) is 4.79 Å². The molecule has 3 rings (SSSR count). The highest BCUT2D eigenvalue weighted by atomic mass is 79.9. The Morgan fingerprint density at radius 3 is 2.12 bits per heavy atom. The molecule has 1 aliphatic rings. The number of benzene rings is 2. The van der Waals surface area contributed by atoms with Gasteiger partial charge in [-0.3, -0.25) is 19.3 Å². The lowest BCUT2D eigenvalue weighted by Gasteiger charge is -2.18. The molecule has 0 fully saturated rings. The number of imide groups is 1. The van der Waals surface area contributed by atoms with E-state index in [1.165, 1.54) is 0 Å². The highest BCUT2D eigenvalue weighted by molar-refractivity contribution is 9.10. The van der Waals surface area contributed by atoms with Crippen LogP contribution in [0.25, 0.3) is 0 Å². The predicted octanol–water partition coefficient (Wildman–Crippen LogP) is 2.92. The molecule has 0 aromatic heterocycles. The van der Waals surface area contributed by atoms with Crippen LogP contribution in [-0.4, -0.2) is 29.2 Å². The summed E-state index contributed by atoms with van der Waals surface area (Å²) in [5.74, 6) is -1.23. The van der Waals surface area contributed by atoms with Crippen LogP contribution in [0.2, 0.25) is 0 Å². The molecule has 24 heavy (non-hydrogen) atoms. The molecule has 0 aliphatic carbocycles. The zero-order chi connectivity index (χ0) is 17.3. The number of halogens is 1. The fourth-order valence-corrected chi connectivity index (χ4v) is 2.91. The molecule has 2 aromatic rings. The highest BCUT2D eigenvalue weighted by Gasteiger charge is 2.36. The van der Waals surface area contributed by atoms with Gasteiger partial charge in [0.15, 0.2) is 0 Å². The Bertz CT molecular complexity index is 782. The first-order valence-electron chi connectivity index (χ1n) is 7.47. The Morgan fingerprint density at radius 2 is 1.58 bits per heavy atom. The van der Waals surface area contributed by atoms with Crippen LogP contribution < -0.4 is 5.32 Å². The van der Waals surface area contributed by atoms with E-state index in [2.05, 4.69) is 21.2 Å². The summed E-state index contributed by atoms with van der Waals surface area (Å²) in [6, 6.07) is 13.9. The van der Waals surface area contributed by atoms with Gasteiger partial charge >= 0.3 is 0 Å². The summed E-state index contributed by atoms with van der Waals surface area (Å²) in [6.45, 7) is 1.57. The van der Waals surface area contributed by atoms with E-state index in [1.807, 2.05) is 31.2 Å². The Kier molecular flexibility index (Phi) is 4.49. The molecule has 0 bridgehead atoms. The van der Waals surface area contributed by atoms with Gasteiger partial charge in [0.05, 0.1) is 17.2 Å². The van der Waals surface area contributed by atoms with E-state index in [4.69, 9.17) is 0 Å². The van der Waals surface area contributed by atoms with Gasteiger partial charge in [0.1, 0.15) is 6.54 Å². The van der Waals surface area contributed by atoms with Crippen LogP contribution in [0.15, 0.2) is 53.0 Å². The van der Waals surface area contributed by atoms with Crippen molar-refractivity contribution in [3.8, 4) is 0 Å². The number of rotatable bonds is 4. The molecule has 122 valence electrons. The van der Waals surface area contributed by atoms with Crippen LogP contribution >= 0.6 is 15.9 Å². The summed E-state index contributed by atoms with van der Waals surface area (Å²) in [5.41, 5.74) is 1.63. The third kappa shape index (κ3) is 3.10. The Morgan fingerprint density at radius 1 is 1.04 bits per heavy atom. The quantitative estimate of drug-likeness (QED) is 0.821. The molecule has 2 aromatic carbocycles. The third-order valence-electron chi connectivity index (χ3n) is 3.93. The Balaban J connectivity index is 1.66. The van der Waals surface area contributed by atoms with Gasteiger partial charge in [0.25, 0.3) is 11.8 Å². The zero-order valence-corrected chi connectivity index (χ0v) is 14.5. The van der Waals surface area contributed by atoms with E-state index in [0.717, 1.165) is 14.9 Å². The van der Waals surface area contributed by atoms with Crippen molar-refractivity contribution >= 4 is 33.7 Å². The minimum atomic E-state index is -0.429. The fourth-order valence-electron chi connectivity index (χ4n) is 2.65. The molecular weight excluding hydrogens is 372 g/mol. The van der Waals surface area contributed by atoms with Crippen molar-refractivity contribution < 1.29 is 14.4 Å². The Hall–Kier alpha value is -2.47. The minimum Gasteiger partial charge on any atom is -0.348 e. The molecular formula is C18H15BrN2O3. The molecule has 0 spiro atoms. The van der Waals surface area contributed by atoms with E-state index < -0.39 is 11.8 Å². The monoisotopic (exact) mass is 386 g/mol. The number of nitrogens with zero attached hydrogens (tertiary/aromatic N) is 1. The highest BCUT2D eigenvalue weighted by Crippen LogP contribution is 2.22. The summed E-state index contributed by atoms with van der Waals surface area (Å²) in [5, 5.41) is 2.81. The van der Waals surface area contributed by atoms with E-state index in [9.17, 15) is 14.4 Å². The van der Waals surface area contributed by atoms with Gasteiger partial charge in [0, 0.05) is 4.47 Å². The molecule has 0 saturated carbocycles.